The lowest BCUT2D eigenvalue weighted by atomic mass is 9.81. The first-order valence-corrected chi connectivity index (χ1v) is 8.90. The Bertz CT molecular complexity index is 837. The molecule has 1 aliphatic heterocycles. The van der Waals surface area contributed by atoms with Gasteiger partial charge in [0.2, 0.25) is 11.8 Å². The number of benzene rings is 2. The van der Waals surface area contributed by atoms with E-state index in [0.717, 1.165) is 25.7 Å². The molecule has 2 unspecified atom stereocenters. The summed E-state index contributed by atoms with van der Waals surface area (Å²) in [5, 5.41) is 0. The zero-order chi connectivity index (χ0) is 18.1. The van der Waals surface area contributed by atoms with Crippen LogP contribution in [-0.2, 0) is 9.59 Å². The van der Waals surface area contributed by atoms with E-state index in [1.54, 1.807) is 48.5 Å². The Balaban J connectivity index is 1.58. The molecule has 1 saturated carbocycles. The highest BCUT2D eigenvalue weighted by atomic mass is 16.5. The predicted octanol–water partition coefficient (Wildman–Crippen LogP) is 3.59. The number of hydrogen-bond acceptors (Lipinski definition) is 4. The van der Waals surface area contributed by atoms with Crippen molar-refractivity contribution in [3.05, 3.63) is 60.2 Å². The van der Waals surface area contributed by atoms with Crippen LogP contribution >= 0.6 is 0 Å². The summed E-state index contributed by atoms with van der Waals surface area (Å²) < 4.78 is 5.34. The molecule has 5 heteroatoms. The van der Waals surface area contributed by atoms with E-state index in [0.29, 0.717) is 17.0 Å². The van der Waals surface area contributed by atoms with Gasteiger partial charge in [0.05, 0.1) is 23.1 Å². The first kappa shape index (κ1) is 16.5. The lowest BCUT2D eigenvalue weighted by molar-refractivity contribution is -0.122. The van der Waals surface area contributed by atoms with Crippen LogP contribution in [0.4, 0.5) is 5.69 Å². The zero-order valence-electron chi connectivity index (χ0n) is 14.3. The van der Waals surface area contributed by atoms with Crippen molar-refractivity contribution in [2.75, 3.05) is 4.90 Å². The maximum atomic E-state index is 12.7. The Morgan fingerprint density at radius 1 is 0.885 bits per heavy atom. The van der Waals surface area contributed by atoms with Crippen LogP contribution in [0.3, 0.4) is 0 Å². The van der Waals surface area contributed by atoms with Gasteiger partial charge in [-0.2, -0.15) is 0 Å². The van der Waals surface area contributed by atoms with Gasteiger partial charge in [-0.05, 0) is 43.2 Å². The molecule has 5 nitrogen and oxygen atoms in total. The monoisotopic (exact) mass is 349 g/mol. The number of esters is 1. The van der Waals surface area contributed by atoms with Crippen LogP contribution in [0, 0.1) is 11.8 Å². The van der Waals surface area contributed by atoms with Crippen LogP contribution in [-0.4, -0.2) is 17.8 Å². The van der Waals surface area contributed by atoms with Crippen molar-refractivity contribution in [2.45, 2.75) is 25.7 Å². The summed E-state index contributed by atoms with van der Waals surface area (Å²) in [4.78, 5) is 39.1. The smallest absolute Gasteiger partial charge is 0.343 e. The molecular weight excluding hydrogens is 330 g/mol. The van der Waals surface area contributed by atoms with Crippen LogP contribution in [0.5, 0.6) is 5.75 Å². The number of anilines is 1. The molecule has 0 N–H and O–H groups in total. The van der Waals surface area contributed by atoms with Gasteiger partial charge in [0.1, 0.15) is 5.75 Å². The van der Waals surface area contributed by atoms with Gasteiger partial charge >= 0.3 is 5.97 Å². The zero-order valence-corrected chi connectivity index (χ0v) is 14.3. The van der Waals surface area contributed by atoms with Crippen LogP contribution in [0.1, 0.15) is 36.0 Å². The largest absolute Gasteiger partial charge is 0.423 e. The molecule has 0 radical (unpaired) electrons. The highest BCUT2D eigenvalue weighted by Crippen LogP contribution is 2.40. The maximum absolute atomic E-state index is 12.7. The van der Waals surface area contributed by atoms with E-state index >= 15 is 0 Å². The van der Waals surface area contributed by atoms with E-state index in [9.17, 15) is 14.4 Å². The Hall–Kier alpha value is -2.95. The standard InChI is InChI=1S/C21H19NO4/c23-19-17-11-4-5-12-18(17)20(24)22(19)15-8-6-7-14(13-15)21(25)26-16-9-2-1-3-10-16/h1-3,6-10,13,17-18H,4-5,11-12H2. The number of ether oxygens (including phenoxy) is 1. The maximum Gasteiger partial charge on any atom is 0.343 e. The van der Waals surface area contributed by atoms with Gasteiger partial charge in [-0.3, -0.25) is 14.5 Å². The molecule has 1 saturated heterocycles. The lowest BCUT2D eigenvalue weighted by Gasteiger charge is -2.19. The summed E-state index contributed by atoms with van der Waals surface area (Å²) in [7, 11) is 0. The normalized spacial score (nSPS) is 22.2. The molecular formula is C21H19NO4. The molecule has 2 aliphatic rings. The first-order chi connectivity index (χ1) is 12.6. The van der Waals surface area contributed by atoms with E-state index in [1.165, 1.54) is 4.90 Å². The van der Waals surface area contributed by atoms with Crippen molar-refractivity contribution in [3.8, 4) is 5.75 Å². The second-order valence-electron chi connectivity index (χ2n) is 6.76. The predicted molar refractivity (Wildman–Crippen MR) is 95.8 cm³/mol. The van der Waals surface area contributed by atoms with Crippen molar-refractivity contribution >= 4 is 23.5 Å². The minimum atomic E-state index is -0.519. The molecule has 0 bridgehead atoms. The highest BCUT2D eigenvalue weighted by Gasteiger charge is 2.48. The Morgan fingerprint density at radius 2 is 1.54 bits per heavy atom. The van der Waals surface area contributed by atoms with Crippen LogP contribution < -0.4 is 9.64 Å². The minimum absolute atomic E-state index is 0.145. The van der Waals surface area contributed by atoms with E-state index in [4.69, 9.17) is 4.74 Å². The minimum Gasteiger partial charge on any atom is -0.423 e. The third kappa shape index (κ3) is 2.90. The summed E-state index contributed by atoms with van der Waals surface area (Å²) in [6.45, 7) is 0. The molecule has 4 rings (SSSR count). The third-order valence-electron chi connectivity index (χ3n) is 5.13. The van der Waals surface area contributed by atoms with Crippen molar-refractivity contribution in [3.63, 3.8) is 0 Å². The molecule has 2 atom stereocenters. The van der Waals surface area contributed by atoms with E-state index in [-0.39, 0.29) is 23.7 Å². The Kier molecular flexibility index (Phi) is 4.29. The van der Waals surface area contributed by atoms with Gasteiger partial charge in [0.15, 0.2) is 0 Å². The van der Waals surface area contributed by atoms with E-state index < -0.39 is 5.97 Å². The lowest BCUT2D eigenvalue weighted by Crippen LogP contribution is -2.31. The molecule has 2 fully saturated rings. The first-order valence-electron chi connectivity index (χ1n) is 8.90. The average Bonchev–Trinajstić information content (AvgIpc) is 2.94. The van der Waals surface area contributed by atoms with Gasteiger partial charge in [-0.1, -0.05) is 37.1 Å². The molecule has 2 amide bonds. The number of fused-ring (bicyclic) bond motifs is 1. The second-order valence-corrected chi connectivity index (χ2v) is 6.76. The molecule has 132 valence electrons. The summed E-state index contributed by atoms with van der Waals surface area (Å²) >= 11 is 0. The fraction of sp³-hybridized carbons (Fsp3) is 0.286. The summed E-state index contributed by atoms with van der Waals surface area (Å²) in [5.41, 5.74) is 0.749. The van der Waals surface area contributed by atoms with E-state index in [1.807, 2.05) is 6.07 Å². The second kappa shape index (κ2) is 6.75. The van der Waals surface area contributed by atoms with Crippen LogP contribution in [0.2, 0.25) is 0 Å². The van der Waals surface area contributed by atoms with Gasteiger partial charge in [0.25, 0.3) is 0 Å². The van der Waals surface area contributed by atoms with Gasteiger partial charge in [-0.15, -0.1) is 0 Å². The number of nitrogens with zero attached hydrogens (tertiary/aromatic N) is 1. The quantitative estimate of drug-likeness (QED) is 0.483. The summed E-state index contributed by atoms with van der Waals surface area (Å²) in [6, 6.07) is 15.3. The number of hydrogen-bond donors (Lipinski definition) is 0. The van der Waals surface area contributed by atoms with Crippen LogP contribution in [0.15, 0.2) is 54.6 Å². The molecule has 2 aromatic rings. The van der Waals surface area contributed by atoms with Crippen molar-refractivity contribution < 1.29 is 19.1 Å². The molecule has 1 heterocycles. The molecule has 26 heavy (non-hydrogen) atoms. The van der Waals surface area contributed by atoms with E-state index in [2.05, 4.69) is 0 Å². The van der Waals surface area contributed by atoms with Gasteiger partial charge in [-0.25, -0.2) is 4.79 Å². The number of carbonyl (C=O) groups is 3. The number of carbonyl (C=O) groups excluding carboxylic acids is 3. The molecule has 0 spiro atoms. The number of rotatable bonds is 3. The fourth-order valence-electron chi connectivity index (χ4n) is 3.84. The SMILES string of the molecule is O=C(Oc1ccccc1)c1cccc(N2C(=O)C3CCCCC3C2=O)c1. The average molecular weight is 349 g/mol. The highest BCUT2D eigenvalue weighted by molar-refractivity contribution is 6.22. The Labute approximate surface area is 151 Å². The van der Waals surface area contributed by atoms with Crippen LogP contribution in [0.25, 0.3) is 0 Å². The van der Waals surface area contributed by atoms with Gasteiger partial charge in [0, 0.05) is 0 Å². The number of amides is 2. The van der Waals surface area contributed by atoms with Crippen molar-refractivity contribution in [1.82, 2.24) is 0 Å². The number of para-hydroxylation sites is 1. The Morgan fingerprint density at radius 3 is 2.19 bits per heavy atom. The van der Waals surface area contributed by atoms with Crippen molar-refractivity contribution in [1.29, 1.82) is 0 Å². The fourth-order valence-corrected chi connectivity index (χ4v) is 3.84. The third-order valence-corrected chi connectivity index (χ3v) is 5.13. The molecule has 1 aliphatic carbocycles. The molecule has 0 aromatic heterocycles. The summed E-state index contributed by atoms with van der Waals surface area (Å²) in [6.07, 6.45) is 3.50. The number of imide groups is 1. The molecule has 2 aromatic carbocycles. The van der Waals surface area contributed by atoms with Gasteiger partial charge < -0.3 is 4.74 Å². The topological polar surface area (TPSA) is 63.7 Å². The van der Waals surface area contributed by atoms with Crippen molar-refractivity contribution in [2.24, 2.45) is 11.8 Å². The summed E-state index contributed by atoms with van der Waals surface area (Å²) in [5.74, 6) is -0.786.